The van der Waals surface area contributed by atoms with E-state index < -0.39 is 0 Å². The molecule has 2 atom stereocenters. The number of aliphatic hydroxyl groups excluding tert-OH is 1. The predicted octanol–water partition coefficient (Wildman–Crippen LogP) is 1.66. The fourth-order valence-corrected chi connectivity index (χ4v) is 2.54. The van der Waals surface area contributed by atoms with E-state index in [1.165, 1.54) is 11.8 Å². The van der Waals surface area contributed by atoms with Crippen LogP contribution < -0.4 is 5.32 Å². The molecule has 0 aliphatic carbocycles. The van der Waals surface area contributed by atoms with Crippen LogP contribution in [0.5, 0.6) is 0 Å². The van der Waals surface area contributed by atoms with Gasteiger partial charge in [-0.05, 0) is 26.7 Å². The zero-order chi connectivity index (χ0) is 14.4. The van der Waals surface area contributed by atoms with Crippen LogP contribution in [0.2, 0.25) is 0 Å². The second kappa shape index (κ2) is 7.55. The van der Waals surface area contributed by atoms with E-state index in [-0.39, 0.29) is 24.5 Å². The monoisotopic (exact) mass is 286 g/mol. The molecule has 0 aliphatic heterocycles. The number of aryl methyl sites for hydroxylation is 2. The number of carbonyl (C=O) groups excluding carboxylic acids is 1. The van der Waals surface area contributed by atoms with Crippen molar-refractivity contribution in [1.29, 1.82) is 0 Å². The van der Waals surface area contributed by atoms with Gasteiger partial charge < -0.3 is 14.9 Å². The van der Waals surface area contributed by atoms with Gasteiger partial charge in [-0.15, -0.1) is 11.8 Å². The third-order valence-electron chi connectivity index (χ3n) is 3.19. The molecule has 0 bridgehead atoms. The van der Waals surface area contributed by atoms with E-state index >= 15 is 0 Å². The minimum Gasteiger partial charge on any atom is -0.396 e. The summed E-state index contributed by atoms with van der Waals surface area (Å²) in [6.07, 6.45) is 0. The zero-order valence-corrected chi connectivity index (χ0v) is 12.7. The molecule has 0 saturated heterocycles. The van der Waals surface area contributed by atoms with Gasteiger partial charge in [-0.1, -0.05) is 12.1 Å². The number of nitrogens with one attached hydrogen (secondary N) is 1. The normalized spacial score (nSPS) is 14.2. The summed E-state index contributed by atoms with van der Waals surface area (Å²) in [7, 11) is 0. The molecule has 0 aliphatic rings. The predicted molar refractivity (Wildman–Crippen MR) is 76.0 cm³/mol. The second-order valence-corrected chi connectivity index (χ2v) is 5.80. The van der Waals surface area contributed by atoms with E-state index in [4.69, 9.17) is 9.63 Å². The molecule has 6 heteroatoms. The van der Waals surface area contributed by atoms with Crippen molar-refractivity contribution in [2.75, 3.05) is 12.4 Å². The number of carbonyl (C=O) groups is 1. The van der Waals surface area contributed by atoms with Crippen LogP contribution in [-0.2, 0) is 10.5 Å². The molecule has 0 aromatic carbocycles. The van der Waals surface area contributed by atoms with Crippen LogP contribution in [0.1, 0.15) is 30.9 Å². The van der Waals surface area contributed by atoms with Crippen LogP contribution in [0.4, 0.5) is 0 Å². The minimum atomic E-state index is -0.0165. The van der Waals surface area contributed by atoms with Crippen molar-refractivity contribution in [3.05, 3.63) is 17.0 Å². The van der Waals surface area contributed by atoms with Crippen LogP contribution >= 0.6 is 11.8 Å². The van der Waals surface area contributed by atoms with Crippen LogP contribution in [0.3, 0.4) is 0 Å². The van der Waals surface area contributed by atoms with E-state index in [2.05, 4.69) is 10.5 Å². The zero-order valence-electron chi connectivity index (χ0n) is 11.9. The smallest absolute Gasteiger partial charge is 0.230 e. The summed E-state index contributed by atoms with van der Waals surface area (Å²) in [6.45, 7) is 7.66. The Balaban J connectivity index is 2.32. The molecule has 108 valence electrons. The molecule has 1 rings (SSSR count). The molecule has 0 saturated carbocycles. The third kappa shape index (κ3) is 4.87. The minimum absolute atomic E-state index is 0.00967. The molecule has 2 N–H and O–H groups in total. The first-order valence-electron chi connectivity index (χ1n) is 6.35. The van der Waals surface area contributed by atoms with Crippen LogP contribution in [-0.4, -0.2) is 34.6 Å². The van der Waals surface area contributed by atoms with Gasteiger partial charge in [-0.25, -0.2) is 0 Å². The van der Waals surface area contributed by atoms with Gasteiger partial charge in [0.25, 0.3) is 0 Å². The van der Waals surface area contributed by atoms with Crippen LogP contribution in [0.25, 0.3) is 0 Å². The van der Waals surface area contributed by atoms with E-state index in [1.807, 2.05) is 27.7 Å². The van der Waals surface area contributed by atoms with Gasteiger partial charge in [0, 0.05) is 24.0 Å². The highest BCUT2D eigenvalue weighted by Crippen LogP contribution is 2.19. The lowest BCUT2D eigenvalue weighted by Crippen LogP contribution is -2.39. The van der Waals surface area contributed by atoms with E-state index in [0.717, 1.165) is 22.8 Å². The largest absolute Gasteiger partial charge is 0.396 e. The molecule has 0 spiro atoms. The summed E-state index contributed by atoms with van der Waals surface area (Å²) in [5, 5.41) is 15.8. The van der Waals surface area contributed by atoms with Crippen molar-refractivity contribution < 1.29 is 14.4 Å². The summed E-state index contributed by atoms with van der Waals surface area (Å²) in [4.78, 5) is 11.7. The van der Waals surface area contributed by atoms with Crippen molar-refractivity contribution in [3.8, 4) is 0 Å². The Morgan fingerprint density at radius 2 is 2.16 bits per heavy atom. The summed E-state index contributed by atoms with van der Waals surface area (Å²) in [6, 6.07) is -0.0165. The number of nitrogens with zero attached hydrogens (tertiary/aromatic N) is 1. The lowest BCUT2D eigenvalue weighted by Gasteiger charge is -2.19. The maximum absolute atomic E-state index is 11.7. The first-order valence-corrected chi connectivity index (χ1v) is 7.50. The average Bonchev–Trinajstić information content (AvgIpc) is 2.69. The molecular formula is C13H22N2O3S. The Kier molecular flexibility index (Phi) is 6.37. The number of hydrogen-bond donors (Lipinski definition) is 2. The number of aromatic nitrogens is 1. The Labute approximate surface area is 118 Å². The van der Waals surface area contributed by atoms with Crippen LogP contribution in [0.15, 0.2) is 4.52 Å². The lowest BCUT2D eigenvalue weighted by molar-refractivity contribution is -0.119. The maximum Gasteiger partial charge on any atom is 0.230 e. The standard InChI is InChI=1S/C13H22N2O3S/c1-8(5-16)9(2)14-13(17)7-19-6-12-10(3)15-18-11(12)4/h8-9,16H,5-7H2,1-4H3,(H,14,17). The Morgan fingerprint density at radius 3 is 2.68 bits per heavy atom. The summed E-state index contributed by atoms with van der Waals surface area (Å²) >= 11 is 1.53. The molecular weight excluding hydrogens is 264 g/mol. The van der Waals surface area contributed by atoms with Gasteiger partial charge in [0.2, 0.25) is 5.91 Å². The van der Waals surface area contributed by atoms with E-state index in [1.54, 1.807) is 0 Å². The highest BCUT2D eigenvalue weighted by molar-refractivity contribution is 7.99. The lowest BCUT2D eigenvalue weighted by atomic mass is 10.1. The molecule has 1 aromatic rings. The van der Waals surface area contributed by atoms with Gasteiger partial charge >= 0.3 is 0 Å². The fourth-order valence-electron chi connectivity index (χ4n) is 1.55. The molecule has 1 heterocycles. The molecule has 1 aromatic heterocycles. The van der Waals surface area contributed by atoms with Crippen LogP contribution in [0, 0.1) is 19.8 Å². The quantitative estimate of drug-likeness (QED) is 0.797. The van der Waals surface area contributed by atoms with Crippen molar-refractivity contribution >= 4 is 17.7 Å². The molecule has 0 fully saturated rings. The first kappa shape index (κ1) is 16.0. The van der Waals surface area contributed by atoms with Crippen molar-refractivity contribution in [3.63, 3.8) is 0 Å². The number of hydrogen-bond acceptors (Lipinski definition) is 5. The second-order valence-electron chi connectivity index (χ2n) is 4.81. The topological polar surface area (TPSA) is 75.4 Å². The Hall–Kier alpha value is -1.01. The Bertz CT molecular complexity index is 401. The maximum atomic E-state index is 11.7. The summed E-state index contributed by atoms with van der Waals surface area (Å²) in [5.74, 6) is 1.99. The van der Waals surface area contributed by atoms with Gasteiger partial charge in [-0.3, -0.25) is 4.79 Å². The van der Waals surface area contributed by atoms with Gasteiger partial charge in [0.1, 0.15) is 5.76 Å². The highest BCUT2D eigenvalue weighted by Gasteiger charge is 2.14. The average molecular weight is 286 g/mol. The fraction of sp³-hybridized carbons (Fsp3) is 0.692. The van der Waals surface area contributed by atoms with Crippen molar-refractivity contribution in [1.82, 2.24) is 10.5 Å². The number of rotatable bonds is 7. The molecule has 19 heavy (non-hydrogen) atoms. The van der Waals surface area contributed by atoms with Gasteiger partial charge in [0.05, 0.1) is 11.4 Å². The molecule has 0 radical (unpaired) electrons. The van der Waals surface area contributed by atoms with E-state index in [0.29, 0.717) is 5.75 Å². The number of amides is 1. The molecule has 5 nitrogen and oxygen atoms in total. The first-order chi connectivity index (χ1) is 8.95. The highest BCUT2D eigenvalue weighted by atomic mass is 32.2. The van der Waals surface area contributed by atoms with Crippen molar-refractivity contribution in [2.45, 2.75) is 39.5 Å². The molecule has 2 unspecified atom stereocenters. The van der Waals surface area contributed by atoms with Crippen molar-refractivity contribution in [2.24, 2.45) is 5.92 Å². The van der Waals surface area contributed by atoms with Gasteiger partial charge in [-0.2, -0.15) is 0 Å². The SMILES string of the molecule is Cc1noc(C)c1CSCC(=O)NC(C)C(C)CO. The van der Waals surface area contributed by atoms with Gasteiger partial charge in [0.15, 0.2) is 0 Å². The number of aliphatic hydroxyl groups is 1. The third-order valence-corrected chi connectivity index (χ3v) is 4.15. The molecule has 1 amide bonds. The van der Waals surface area contributed by atoms with E-state index in [9.17, 15) is 4.79 Å². The Morgan fingerprint density at radius 1 is 1.47 bits per heavy atom. The summed E-state index contributed by atoms with van der Waals surface area (Å²) < 4.78 is 5.07. The summed E-state index contributed by atoms with van der Waals surface area (Å²) in [5.41, 5.74) is 1.95. The number of thioether (sulfide) groups is 1.